The van der Waals surface area contributed by atoms with Crippen LogP contribution in [0.5, 0.6) is 0 Å². The summed E-state index contributed by atoms with van der Waals surface area (Å²) < 4.78 is 13.0. The Bertz CT molecular complexity index is 794. The zero-order chi connectivity index (χ0) is 17.8. The molecular formula is C20H19FN2O2. The number of terminal acetylenes is 1. The van der Waals surface area contributed by atoms with Gasteiger partial charge in [0.25, 0.3) is 0 Å². The predicted octanol–water partition coefficient (Wildman–Crippen LogP) is 3.54. The largest absolute Gasteiger partial charge is 0.387 e. The number of aliphatic hydroxyl groups excluding tert-OH is 1. The number of aliphatic hydroxyl groups is 1. The topological polar surface area (TPSA) is 52.6 Å². The molecule has 0 saturated heterocycles. The summed E-state index contributed by atoms with van der Waals surface area (Å²) in [7, 11) is 0. The van der Waals surface area contributed by atoms with Crippen LogP contribution in [-0.2, 0) is 0 Å². The van der Waals surface area contributed by atoms with Crippen molar-refractivity contribution in [2.24, 2.45) is 0 Å². The summed E-state index contributed by atoms with van der Waals surface area (Å²) in [5, 5.41) is 13.2. The van der Waals surface area contributed by atoms with Crippen LogP contribution in [0.4, 0.5) is 14.9 Å². The summed E-state index contributed by atoms with van der Waals surface area (Å²) in [4.78, 5) is 14.2. The molecule has 2 aromatic carbocycles. The number of nitrogens with zero attached hydrogens (tertiary/aromatic N) is 1. The monoisotopic (exact) mass is 338 g/mol. The molecule has 1 aliphatic rings. The van der Waals surface area contributed by atoms with Crippen LogP contribution in [0.25, 0.3) is 0 Å². The minimum Gasteiger partial charge on any atom is -0.387 e. The summed E-state index contributed by atoms with van der Waals surface area (Å²) in [6, 6.07) is 12.5. The number of hydrogen-bond acceptors (Lipinski definition) is 2. The first kappa shape index (κ1) is 17.0. The van der Waals surface area contributed by atoms with Gasteiger partial charge in [0.15, 0.2) is 0 Å². The second-order valence-electron chi connectivity index (χ2n) is 6.11. The summed E-state index contributed by atoms with van der Waals surface area (Å²) in [5.74, 6) is 2.17. The molecule has 4 nitrogen and oxygen atoms in total. The molecule has 1 fully saturated rings. The predicted molar refractivity (Wildman–Crippen MR) is 94.5 cm³/mol. The highest BCUT2D eigenvalue weighted by Gasteiger charge is 2.34. The normalized spacial score (nSPS) is 14.4. The maximum Gasteiger partial charge on any atom is 0.322 e. The van der Waals surface area contributed by atoms with E-state index in [0.717, 1.165) is 12.8 Å². The molecule has 1 saturated carbocycles. The molecule has 0 aliphatic heterocycles. The first-order chi connectivity index (χ1) is 12.1. The van der Waals surface area contributed by atoms with Crippen molar-refractivity contribution in [1.82, 2.24) is 4.90 Å². The van der Waals surface area contributed by atoms with Crippen LogP contribution in [0.15, 0.2) is 48.5 Å². The lowest BCUT2D eigenvalue weighted by Gasteiger charge is -2.26. The van der Waals surface area contributed by atoms with E-state index in [2.05, 4.69) is 11.2 Å². The molecule has 2 amide bonds. The van der Waals surface area contributed by atoms with E-state index in [9.17, 15) is 14.3 Å². The number of benzene rings is 2. The highest BCUT2D eigenvalue weighted by molar-refractivity contribution is 5.90. The molecule has 1 unspecified atom stereocenters. The van der Waals surface area contributed by atoms with E-state index in [4.69, 9.17) is 6.42 Å². The third-order valence-corrected chi connectivity index (χ3v) is 4.15. The third-order valence-electron chi connectivity index (χ3n) is 4.15. The fraction of sp³-hybridized carbons (Fsp3) is 0.250. The SMILES string of the molecule is C#Cc1cccc(NC(=O)N(CC(O)c2ccc(F)cc2)C2CC2)c1. The summed E-state index contributed by atoms with van der Waals surface area (Å²) in [6.07, 6.45) is 6.33. The number of halogens is 1. The molecule has 2 aromatic rings. The molecule has 0 aromatic heterocycles. The minimum atomic E-state index is -0.871. The Kier molecular flexibility index (Phi) is 5.01. The average molecular weight is 338 g/mol. The second-order valence-corrected chi connectivity index (χ2v) is 6.11. The fourth-order valence-corrected chi connectivity index (χ4v) is 2.64. The molecular weight excluding hydrogens is 319 g/mol. The van der Waals surface area contributed by atoms with E-state index in [1.165, 1.54) is 24.3 Å². The molecule has 2 N–H and O–H groups in total. The number of amides is 2. The van der Waals surface area contributed by atoms with E-state index in [-0.39, 0.29) is 24.4 Å². The van der Waals surface area contributed by atoms with E-state index in [1.807, 2.05) is 0 Å². The van der Waals surface area contributed by atoms with Gasteiger partial charge >= 0.3 is 6.03 Å². The number of nitrogens with one attached hydrogen (secondary N) is 1. The molecule has 0 heterocycles. The van der Waals surface area contributed by atoms with Crippen LogP contribution in [0.1, 0.15) is 30.1 Å². The van der Waals surface area contributed by atoms with Crippen molar-refractivity contribution < 1.29 is 14.3 Å². The average Bonchev–Trinajstić information content (AvgIpc) is 3.45. The Morgan fingerprint density at radius 2 is 2.04 bits per heavy atom. The van der Waals surface area contributed by atoms with Gasteiger partial charge in [0.2, 0.25) is 0 Å². The van der Waals surface area contributed by atoms with E-state index in [1.54, 1.807) is 29.2 Å². The number of anilines is 1. The van der Waals surface area contributed by atoms with Gasteiger partial charge in [-0.3, -0.25) is 0 Å². The van der Waals surface area contributed by atoms with E-state index in [0.29, 0.717) is 16.8 Å². The van der Waals surface area contributed by atoms with Crippen LogP contribution in [0.3, 0.4) is 0 Å². The number of urea groups is 1. The number of hydrogen-bond donors (Lipinski definition) is 2. The Hall–Kier alpha value is -2.84. The number of carbonyl (C=O) groups is 1. The quantitative estimate of drug-likeness (QED) is 0.820. The molecule has 128 valence electrons. The molecule has 0 spiro atoms. The van der Waals surface area contributed by atoms with Crippen LogP contribution < -0.4 is 5.32 Å². The van der Waals surface area contributed by atoms with Gasteiger partial charge in [-0.15, -0.1) is 6.42 Å². The van der Waals surface area contributed by atoms with Crippen LogP contribution in [0, 0.1) is 18.2 Å². The van der Waals surface area contributed by atoms with Crippen molar-refractivity contribution in [3.63, 3.8) is 0 Å². The van der Waals surface area contributed by atoms with E-state index < -0.39 is 6.10 Å². The van der Waals surface area contributed by atoms with Crippen LogP contribution >= 0.6 is 0 Å². The van der Waals surface area contributed by atoms with Gasteiger partial charge in [-0.2, -0.15) is 0 Å². The Balaban J connectivity index is 1.69. The Morgan fingerprint density at radius 3 is 2.68 bits per heavy atom. The zero-order valence-electron chi connectivity index (χ0n) is 13.7. The van der Waals surface area contributed by atoms with Crippen molar-refractivity contribution in [3.05, 3.63) is 65.5 Å². The highest BCUT2D eigenvalue weighted by atomic mass is 19.1. The van der Waals surface area contributed by atoms with Gasteiger partial charge in [-0.25, -0.2) is 9.18 Å². The molecule has 25 heavy (non-hydrogen) atoms. The smallest absolute Gasteiger partial charge is 0.322 e. The maximum atomic E-state index is 13.0. The van der Waals surface area contributed by atoms with Gasteiger partial charge < -0.3 is 15.3 Å². The van der Waals surface area contributed by atoms with Gasteiger partial charge in [-0.05, 0) is 48.7 Å². The summed E-state index contributed by atoms with van der Waals surface area (Å²) in [5.41, 5.74) is 1.87. The van der Waals surface area contributed by atoms with Crippen LogP contribution in [0.2, 0.25) is 0 Å². The molecule has 5 heteroatoms. The molecule has 0 radical (unpaired) electrons. The summed E-state index contributed by atoms with van der Waals surface area (Å²) in [6.45, 7) is 0.150. The van der Waals surface area contributed by atoms with Crippen molar-refractivity contribution >= 4 is 11.7 Å². The van der Waals surface area contributed by atoms with Crippen LogP contribution in [-0.4, -0.2) is 28.6 Å². The van der Waals surface area contributed by atoms with Gasteiger partial charge in [0, 0.05) is 17.3 Å². The van der Waals surface area contributed by atoms with Crippen molar-refractivity contribution in [3.8, 4) is 12.3 Å². The molecule has 1 aliphatic carbocycles. The highest BCUT2D eigenvalue weighted by Crippen LogP contribution is 2.29. The second kappa shape index (κ2) is 7.37. The Labute approximate surface area is 146 Å². The van der Waals surface area contributed by atoms with Crippen molar-refractivity contribution in [1.29, 1.82) is 0 Å². The molecule has 0 bridgehead atoms. The number of rotatable bonds is 5. The lowest BCUT2D eigenvalue weighted by Crippen LogP contribution is -2.39. The maximum absolute atomic E-state index is 13.0. The lowest BCUT2D eigenvalue weighted by molar-refractivity contribution is 0.123. The van der Waals surface area contributed by atoms with Gasteiger partial charge in [0.05, 0.1) is 12.6 Å². The standard InChI is InChI=1S/C20H19FN2O2/c1-2-14-4-3-5-17(12-14)22-20(25)23(18-10-11-18)13-19(24)15-6-8-16(21)9-7-15/h1,3-9,12,18-19,24H,10-11,13H2,(H,22,25). The number of carbonyl (C=O) groups excluding carboxylic acids is 1. The minimum absolute atomic E-state index is 0.117. The fourth-order valence-electron chi connectivity index (χ4n) is 2.64. The molecule has 3 rings (SSSR count). The lowest BCUT2D eigenvalue weighted by atomic mass is 10.1. The summed E-state index contributed by atoms with van der Waals surface area (Å²) >= 11 is 0. The zero-order valence-corrected chi connectivity index (χ0v) is 13.7. The van der Waals surface area contributed by atoms with Crippen molar-refractivity contribution in [2.75, 3.05) is 11.9 Å². The molecule has 1 atom stereocenters. The van der Waals surface area contributed by atoms with Gasteiger partial charge in [0.1, 0.15) is 5.82 Å². The Morgan fingerprint density at radius 1 is 1.32 bits per heavy atom. The first-order valence-corrected chi connectivity index (χ1v) is 8.14. The van der Waals surface area contributed by atoms with Gasteiger partial charge in [-0.1, -0.05) is 24.1 Å². The first-order valence-electron chi connectivity index (χ1n) is 8.14. The van der Waals surface area contributed by atoms with E-state index >= 15 is 0 Å². The van der Waals surface area contributed by atoms with Crippen molar-refractivity contribution in [2.45, 2.75) is 25.0 Å². The third kappa shape index (κ3) is 4.37.